The fourth-order valence-corrected chi connectivity index (χ4v) is 3.12. The van der Waals surface area contributed by atoms with Gasteiger partial charge < -0.3 is 15.4 Å². The van der Waals surface area contributed by atoms with Crippen LogP contribution in [-0.2, 0) is 4.74 Å². The minimum atomic E-state index is 0. The van der Waals surface area contributed by atoms with Gasteiger partial charge in [-0.3, -0.25) is 9.89 Å². The maximum atomic E-state index is 5.41. The van der Waals surface area contributed by atoms with E-state index in [0.29, 0.717) is 11.8 Å². The molecular weight excluding hydrogens is 439 g/mol. The van der Waals surface area contributed by atoms with Gasteiger partial charge in [0.2, 0.25) is 0 Å². The summed E-state index contributed by atoms with van der Waals surface area (Å²) in [6, 6.07) is 8.72. The molecule has 0 radical (unpaired) electrons. The lowest BCUT2D eigenvalue weighted by molar-refractivity contribution is 0.0320. The fraction of sp³-hybridized carbons (Fsp3) is 0.650. The van der Waals surface area contributed by atoms with Crippen molar-refractivity contribution in [2.45, 2.75) is 26.7 Å². The van der Waals surface area contributed by atoms with Crippen molar-refractivity contribution >= 4 is 29.9 Å². The lowest BCUT2D eigenvalue weighted by Crippen LogP contribution is -2.44. The Kier molecular flexibility index (Phi) is 11.2. The van der Waals surface area contributed by atoms with Gasteiger partial charge in [-0.05, 0) is 24.3 Å². The first-order chi connectivity index (χ1) is 12.1. The Morgan fingerprint density at radius 3 is 2.54 bits per heavy atom. The molecule has 0 spiro atoms. The third-order valence-electron chi connectivity index (χ3n) is 4.70. The number of nitrogens with one attached hydrogen (secondary N) is 2. The van der Waals surface area contributed by atoms with Crippen molar-refractivity contribution in [2.75, 3.05) is 53.0 Å². The summed E-state index contributed by atoms with van der Waals surface area (Å²) in [5.41, 5.74) is 2.67. The first kappa shape index (κ1) is 23.2. The highest BCUT2D eigenvalue weighted by molar-refractivity contribution is 14.0. The van der Waals surface area contributed by atoms with Crippen LogP contribution in [0.5, 0.6) is 0 Å². The molecule has 1 aliphatic heterocycles. The van der Waals surface area contributed by atoms with Crippen molar-refractivity contribution in [3.63, 3.8) is 0 Å². The summed E-state index contributed by atoms with van der Waals surface area (Å²) in [6.45, 7) is 13.4. The first-order valence-electron chi connectivity index (χ1n) is 9.39. The van der Waals surface area contributed by atoms with Gasteiger partial charge >= 0.3 is 0 Å². The Bertz CT molecular complexity index is 546. The van der Waals surface area contributed by atoms with Crippen molar-refractivity contribution in [3.8, 4) is 0 Å². The molecule has 1 heterocycles. The summed E-state index contributed by atoms with van der Waals surface area (Å²) in [5, 5.41) is 6.91. The number of ether oxygens (including phenoxy) is 1. The zero-order valence-corrected chi connectivity index (χ0v) is 19.0. The lowest BCUT2D eigenvalue weighted by Gasteiger charge is -2.29. The molecule has 2 unspecified atom stereocenters. The Hall–Kier alpha value is -0.860. The van der Waals surface area contributed by atoms with Crippen LogP contribution in [0.2, 0.25) is 0 Å². The highest BCUT2D eigenvalue weighted by Crippen LogP contribution is 2.15. The minimum absolute atomic E-state index is 0. The van der Waals surface area contributed by atoms with Crippen LogP contribution in [0.3, 0.4) is 0 Å². The van der Waals surface area contributed by atoms with Crippen molar-refractivity contribution in [2.24, 2.45) is 10.9 Å². The van der Waals surface area contributed by atoms with E-state index in [-0.39, 0.29) is 24.0 Å². The molecule has 1 aromatic rings. The van der Waals surface area contributed by atoms with Gasteiger partial charge in [0, 0.05) is 39.8 Å². The number of benzene rings is 1. The van der Waals surface area contributed by atoms with Crippen LogP contribution in [0.4, 0.5) is 0 Å². The predicted molar refractivity (Wildman–Crippen MR) is 121 cm³/mol. The fourth-order valence-electron chi connectivity index (χ4n) is 3.12. The van der Waals surface area contributed by atoms with Gasteiger partial charge in [0.05, 0.1) is 13.2 Å². The Morgan fingerprint density at radius 1 is 1.19 bits per heavy atom. The largest absolute Gasteiger partial charge is 0.379 e. The molecule has 5 nitrogen and oxygen atoms in total. The predicted octanol–water partition coefficient (Wildman–Crippen LogP) is 2.85. The molecule has 0 amide bonds. The molecule has 1 aliphatic rings. The number of morpholine rings is 1. The van der Waals surface area contributed by atoms with E-state index in [9.17, 15) is 0 Å². The second kappa shape index (κ2) is 12.5. The summed E-state index contributed by atoms with van der Waals surface area (Å²) < 4.78 is 5.41. The van der Waals surface area contributed by atoms with Crippen molar-refractivity contribution in [1.82, 2.24) is 15.5 Å². The second-order valence-electron chi connectivity index (χ2n) is 7.17. The van der Waals surface area contributed by atoms with Gasteiger partial charge in [0.25, 0.3) is 0 Å². The number of hydrogen-bond acceptors (Lipinski definition) is 3. The summed E-state index contributed by atoms with van der Waals surface area (Å²) in [7, 11) is 1.83. The van der Waals surface area contributed by atoms with Crippen LogP contribution in [0.25, 0.3) is 0 Å². The summed E-state index contributed by atoms with van der Waals surface area (Å²) in [4.78, 5) is 6.83. The Morgan fingerprint density at radius 2 is 1.88 bits per heavy atom. The van der Waals surface area contributed by atoms with Crippen LogP contribution in [0, 0.1) is 12.8 Å². The highest BCUT2D eigenvalue weighted by atomic mass is 127. The lowest BCUT2D eigenvalue weighted by atomic mass is 9.99. The molecule has 26 heavy (non-hydrogen) atoms. The van der Waals surface area contributed by atoms with E-state index in [2.05, 4.69) is 65.6 Å². The van der Waals surface area contributed by atoms with Crippen LogP contribution in [-0.4, -0.2) is 63.8 Å². The molecule has 2 N–H and O–H groups in total. The highest BCUT2D eigenvalue weighted by Gasteiger charge is 2.14. The standard InChI is InChI=1S/C20H34N4O.HI/c1-16-6-5-7-19(12-16)18(3)14-23-20(21-4)22-13-17(2)15-24-8-10-25-11-9-24;/h5-7,12,17-18H,8-11,13-15H2,1-4H3,(H2,21,22,23);1H. The van der Waals surface area contributed by atoms with Gasteiger partial charge in [-0.15, -0.1) is 24.0 Å². The average Bonchev–Trinajstić information content (AvgIpc) is 2.62. The van der Waals surface area contributed by atoms with Gasteiger partial charge in [0.1, 0.15) is 0 Å². The molecule has 2 atom stereocenters. The first-order valence-corrected chi connectivity index (χ1v) is 9.39. The van der Waals surface area contributed by atoms with Crippen molar-refractivity contribution in [1.29, 1.82) is 0 Å². The average molecular weight is 474 g/mol. The molecular formula is C20H35IN4O. The van der Waals surface area contributed by atoms with Crippen molar-refractivity contribution < 1.29 is 4.74 Å². The zero-order valence-electron chi connectivity index (χ0n) is 16.6. The Balaban J connectivity index is 0.00000338. The molecule has 1 saturated heterocycles. The van der Waals surface area contributed by atoms with Crippen LogP contribution in [0.1, 0.15) is 30.9 Å². The maximum Gasteiger partial charge on any atom is 0.191 e. The summed E-state index contributed by atoms with van der Waals surface area (Å²) in [6.07, 6.45) is 0. The number of halogens is 1. The molecule has 6 heteroatoms. The smallest absolute Gasteiger partial charge is 0.191 e. The van der Waals surface area contributed by atoms with E-state index in [1.807, 2.05) is 7.05 Å². The summed E-state index contributed by atoms with van der Waals surface area (Å²) >= 11 is 0. The third kappa shape index (κ3) is 8.22. The van der Waals surface area contributed by atoms with Crippen LogP contribution < -0.4 is 10.6 Å². The molecule has 0 aromatic heterocycles. The number of hydrogen-bond donors (Lipinski definition) is 2. The third-order valence-corrected chi connectivity index (χ3v) is 4.70. The number of guanidine groups is 1. The maximum absolute atomic E-state index is 5.41. The Labute approximate surface area is 176 Å². The molecule has 148 valence electrons. The quantitative estimate of drug-likeness (QED) is 0.363. The second-order valence-corrected chi connectivity index (χ2v) is 7.17. The summed E-state index contributed by atoms with van der Waals surface area (Å²) in [5.74, 6) is 1.91. The zero-order chi connectivity index (χ0) is 18.1. The van der Waals surface area contributed by atoms with E-state index < -0.39 is 0 Å². The monoisotopic (exact) mass is 474 g/mol. The van der Waals surface area contributed by atoms with E-state index in [4.69, 9.17) is 4.74 Å². The van der Waals surface area contributed by atoms with Crippen LogP contribution >= 0.6 is 24.0 Å². The number of aryl methyl sites for hydroxylation is 1. The van der Waals surface area contributed by atoms with E-state index in [1.54, 1.807) is 0 Å². The minimum Gasteiger partial charge on any atom is -0.379 e. The van der Waals surface area contributed by atoms with E-state index in [0.717, 1.165) is 51.9 Å². The molecule has 0 aliphatic carbocycles. The molecule has 0 bridgehead atoms. The van der Waals surface area contributed by atoms with Gasteiger partial charge in [-0.2, -0.15) is 0 Å². The molecule has 2 rings (SSSR count). The molecule has 1 fully saturated rings. The SMILES string of the molecule is CN=C(NCC(C)CN1CCOCC1)NCC(C)c1cccc(C)c1.I. The molecule has 1 aromatic carbocycles. The van der Waals surface area contributed by atoms with E-state index in [1.165, 1.54) is 11.1 Å². The topological polar surface area (TPSA) is 48.9 Å². The molecule has 0 saturated carbocycles. The van der Waals surface area contributed by atoms with Gasteiger partial charge in [0.15, 0.2) is 5.96 Å². The van der Waals surface area contributed by atoms with Gasteiger partial charge in [-0.25, -0.2) is 0 Å². The van der Waals surface area contributed by atoms with E-state index >= 15 is 0 Å². The number of aliphatic imine (C=N–C) groups is 1. The van der Waals surface area contributed by atoms with Crippen LogP contribution in [0.15, 0.2) is 29.3 Å². The number of nitrogens with zero attached hydrogens (tertiary/aromatic N) is 2. The normalized spacial score (nSPS) is 17.9. The van der Waals surface area contributed by atoms with Gasteiger partial charge in [-0.1, -0.05) is 43.7 Å². The van der Waals surface area contributed by atoms with Crippen molar-refractivity contribution in [3.05, 3.63) is 35.4 Å². The number of rotatable bonds is 7.